The Labute approximate surface area is 160 Å². The monoisotopic (exact) mass is 394 g/mol. The first kappa shape index (κ1) is 19.8. The van der Waals surface area contributed by atoms with Crippen LogP contribution in [-0.2, 0) is 24.3 Å². The zero-order valence-electron chi connectivity index (χ0n) is 15.8. The van der Waals surface area contributed by atoms with E-state index < -0.39 is 22.2 Å². The Balaban J connectivity index is 1.88. The maximum atomic E-state index is 13.1. The molecule has 1 heterocycles. The number of aryl methyl sites for hydroxylation is 1. The fourth-order valence-electron chi connectivity index (χ4n) is 3.81. The Morgan fingerprint density at radius 1 is 1.11 bits per heavy atom. The highest BCUT2D eigenvalue weighted by Crippen LogP contribution is 2.28. The van der Waals surface area contributed by atoms with Crippen molar-refractivity contribution in [3.8, 4) is 0 Å². The number of amides is 1. The number of hydrogen-bond acceptors (Lipinski definition) is 5. The Hall–Kier alpha value is -1.93. The van der Waals surface area contributed by atoms with E-state index in [9.17, 15) is 18.0 Å². The predicted octanol–water partition coefficient (Wildman–Crippen LogP) is 2.05. The first-order valence-corrected chi connectivity index (χ1v) is 10.8. The van der Waals surface area contributed by atoms with Gasteiger partial charge in [0.1, 0.15) is 0 Å². The average molecular weight is 394 g/mol. The number of ether oxygens (including phenoxy) is 1. The third-order valence-corrected chi connectivity index (χ3v) is 7.08. The molecule has 27 heavy (non-hydrogen) atoms. The molecule has 0 bridgehead atoms. The molecule has 0 N–H and O–H groups in total. The van der Waals surface area contributed by atoms with Crippen LogP contribution < -0.4 is 0 Å². The summed E-state index contributed by atoms with van der Waals surface area (Å²) in [4.78, 5) is 26.1. The fourth-order valence-corrected chi connectivity index (χ4v) is 5.26. The van der Waals surface area contributed by atoms with Gasteiger partial charge in [-0.05, 0) is 31.9 Å². The Kier molecular flexibility index (Phi) is 5.86. The molecule has 1 aromatic rings. The molecule has 1 unspecified atom stereocenters. The van der Waals surface area contributed by atoms with Crippen molar-refractivity contribution in [1.82, 2.24) is 9.21 Å². The molecular formula is C19H26N2O5S. The molecule has 2 fully saturated rings. The molecule has 7 nitrogen and oxygen atoms in total. The van der Waals surface area contributed by atoms with Gasteiger partial charge in [-0.1, -0.05) is 37.0 Å². The van der Waals surface area contributed by atoms with Crippen LogP contribution in [0.25, 0.3) is 0 Å². The molecule has 1 saturated heterocycles. The predicted molar refractivity (Wildman–Crippen MR) is 99.2 cm³/mol. The lowest BCUT2D eigenvalue weighted by atomic mass is 9.93. The second-order valence-electron chi connectivity index (χ2n) is 7.27. The molecule has 0 spiro atoms. The zero-order valence-corrected chi connectivity index (χ0v) is 16.6. The summed E-state index contributed by atoms with van der Waals surface area (Å²) in [5.41, 5.74) is 0.934. The van der Waals surface area contributed by atoms with Crippen LogP contribution in [0.2, 0.25) is 0 Å². The van der Waals surface area contributed by atoms with Gasteiger partial charge in [0.25, 0.3) is 0 Å². The Morgan fingerprint density at radius 3 is 2.33 bits per heavy atom. The summed E-state index contributed by atoms with van der Waals surface area (Å²) in [6.45, 7) is 2.88. The summed E-state index contributed by atoms with van der Waals surface area (Å²) in [6, 6.07) is 6.51. The number of nitrogens with zero attached hydrogens (tertiary/aromatic N) is 2. The zero-order chi connectivity index (χ0) is 19.6. The van der Waals surface area contributed by atoms with E-state index in [0.29, 0.717) is 0 Å². The second kappa shape index (κ2) is 7.98. The van der Waals surface area contributed by atoms with Gasteiger partial charge < -0.3 is 9.64 Å². The SMILES string of the molecule is CC(=O)OC1CN(C2CCCCC2)C(=O)CN1S(=O)(=O)c1ccc(C)cc1. The normalized spacial score (nSPS) is 22.7. The van der Waals surface area contributed by atoms with E-state index in [1.54, 1.807) is 17.0 Å². The smallest absolute Gasteiger partial charge is 0.304 e. The highest BCUT2D eigenvalue weighted by molar-refractivity contribution is 7.89. The summed E-state index contributed by atoms with van der Waals surface area (Å²) < 4.78 is 32.5. The van der Waals surface area contributed by atoms with Gasteiger partial charge in [0, 0.05) is 13.0 Å². The van der Waals surface area contributed by atoms with Gasteiger partial charge in [-0.15, -0.1) is 4.31 Å². The van der Waals surface area contributed by atoms with E-state index >= 15 is 0 Å². The third kappa shape index (κ3) is 4.32. The third-order valence-electron chi connectivity index (χ3n) is 5.23. The van der Waals surface area contributed by atoms with Gasteiger partial charge >= 0.3 is 5.97 Å². The van der Waals surface area contributed by atoms with Gasteiger partial charge in [-0.2, -0.15) is 0 Å². The molecule has 1 aliphatic carbocycles. The minimum Gasteiger partial charge on any atom is -0.444 e. The lowest BCUT2D eigenvalue weighted by Crippen LogP contribution is -2.61. The van der Waals surface area contributed by atoms with Crippen molar-refractivity contribution in [3.63, 3.8) is 0 Å². The van der Waals surface area contributed by atoms with Crippen molar-refractivity contribution < 1.29 is 22.7 Å². The van der Waals surface area contributed by atoms with Crippen LogP contribution in [0.4, 0.5) is 0 Å². The van der Waals surface area contributed by atoms with E-state index in [4.69, 9.17) is 4.74 Å². The molecule has 0 radical (unpaired) electrons. The van der Waals surface area contributed by atoms with Gasteiger partial charge in [0.05, 0.1) is 18.0 Å². The average Bonchev–Trinajstić information content (AvgIpc) is 2.63. The molecule has 0 aromatic heterocycles. The standard InChI is InChI=1S/C19H26N2O5S/c1-14-8-10-17(11-9-14)27(24,25)21-12-18(23)20(13-19(21)26-15(2)22)16-6-4-3-5-7-16/h8-11,16,19H,3-7,12-13H2,1-2H3. The van der Waals surface area contributed by atoms with Crippen LogP contribution >= 0.6 is 0 Å². The number of hydrogen-bond donors (Lipinski definition) is 0. The van der Waals surface area contributed by atoms with Gasteiger partial charge in [-0.25, -0.2) is 8.42 Å². The summed E-state index contributed by atoms with van der Waals surface area (Å²) in [5, 5.41) is 0. The number of piperazine rings is 1. The van der Waals surface area contributed by atoms with Crippen LogP contribution in [-0.4, -0.2) is 54.9 Å². The number of esters is 1. The maximum Gasteiger partial charge on any atom is 0.304 e. The van der Waals surface area contributed by atoms with Crippen LogP contribution in [0.15, 0.2) is 29.2 Å². The number of carbonyl (C=O) groups is 2. The maximum absolute atomic E-state index is 13.1. The Bertz CT molecular complexity index is 800. The van der Waals surface area contributed by atoms with Crippen molar-refractivity contribution in [2.75, 3.05) is 13.1 Å². The minimum atomic E-state index is -3.95. The van der Waals surface area contributed by atoms with E-state index in [2.05, 4.69) is 0 Å². The molecule has 1 aromatic carbocycles. The summed E-state index contributed by atoms with van der Waals surface area (Å²) >= 11 is 0. The van der Waals surface area contributed by atoms with E-state index in [0.717, 1.165) is 42.0 Å². The van der Waals surface area contributed by atoms with Crippen molar-refractivity contribution in [1.29, 1.82) is 0 Å². The summed E-state index contributed by atoms with van der Waals surface area (Å²) in [6.07, 6.45) is 4.07. The van der Waals surface area contributed by atoms with E-state index in [1.165, 1.54) is 19.1 Å². The number of sulfonamides is 1. The van der Waals surface area contributed by atoms with Crippen LogP contribution in [0, 0.1) is 6.92 Å². The first-order chi connectivity index (χ1) is 12.8. The molecule has 1 amide bonds. The minimum absolute atomic E-state index is 0.0776. The van der Waals surface area contributed by atoms with Gasteiger partial charge in [0.15, 0.2) is 6.23 Å². The second-order valence-corrected chi connectivity index (χ2v) is 9.16. The Morgan fingerprint density at radius 2 is 1.74 bits per heavy atom. The van der Waals surface area contributed by atoms with Crippen molar-refractivity contribution in [3.05, 3.63) is 29.8 Å². The topological polar surface area (TPSA) is 84.0 Å². The van der Waals surface area contributed by atoms with Crippen molar-refractivity contribution in [2.24, 2.45) is 0 Å². The van der Waals surface area contributed by atoms with Crippen LogP contribution in [0.5, 0.6) is 0 Å². The van der Waals surface area contributed by atoms with Crippen LogP contribution in [0.3, 0.4) is 0 Å². The molecular weight excluding hydrogens is 368 g/mol. The van der Waals surface area contributed by atoms with Crippen LogP contribution in [0.1, 0.15) is 44.6 Å². The molecule has 148 valence electrons. The number of rotatable bonds is 4. The number of benzene rings is 1. The summed E-state index contributed by atoms with van der Waals surface area (Å²) in [5.74, 6) is -0.803. The molecule has 3 rings (SSSR count). The quantitative estimate of drug-likeness (QED) is 0.730. The highest BCUT2D eigenvalue weighted by atomic mass is 32.2. The van der Waals surface area contributed by atoms with E-state index in [1.807, 2.05) is 6.92 Å². The van der Waals surface area contributed by atoms with Gasteiger partial charge in [0.2, 0.25) is 15.9 Å². The lowest BCUT2D eigenvalue weighted by molar-refractivity contribution is -0.165. The molecule has 1 saturated carbocycles. The fraction of sp³-hybridized carbons (Fsp3) is 0.579. The first-order valence-electron chi connectivity index (χ1n) is 9.34. The highest BCUT2D eigenvalue weighted by Gasteiger charge is 2.43. The molecule has 8 heteroatoms. The largest absolute Gasteiger partial charge is 0.444 e. The lowest BCUT2D eigenvalue weighted by Gasteiger charge is -2.43. The number of carbonyl (C=O) groups excluding carboxylic acids is 2. The van der Waals surface area contributed by atoms with Gasteiger partial charge in [-0.3, -0.25) is 9.59 Å². The van der Waals surface area contributed by atoms with E-state index in [-0.39, 0.29) is 29.9 Å². The molecule has 2 aliphatic rings. The molecule has 1 atom stereocenters. The van der Waals surface area contributed by atoms with Crippen molar-refractivity contribution in [2.45, 2.75) is 63.1 Å². The summed E-state index contributed by atoms with van der Waals surface area (Å²) in [7, 11) is -3.95. The van der Waals surface area contributed by atoms with Crippen molar-refractivity contribution >= 4 is 21.9 Å². The molecule has 1 aliphatic heterocycles.